The minimum atomic E-state index is -4.43. The van der Waals surface area contributed by atoms with Crippen molar-refractivity contribution in [2.75, 3.05) is 6.61 Å². The van der Waals surface area contributed by atoms with E-state index in [1.165, 1.54) is 13.0 Å². The van der Waals surface area contributed by atoms with Crippen molar-refractivity contribution in [3.8, 4) is 0 Å². The predicted octanol–water partition coefficient (Wildman–Crippen LogP) is -0.180. The molecule has 0 saturated carbocycles. The Balaban J connectivity index is 3.71. The number of aliphatic imine (C=N–C) groups is 1. The van der Waals surface area contributed by atoms with E-state index in [0.717, 1.165) is 0 Å². The Bertz CT molecular complexity index is 205. The molecular weight excluding hydrogens is 173 g/mol. The van der Waals surface area contributed by atoms with Crippen LogP contribution >= 0.6 is 7.82 Å². The van der Waals surface area contributed by atoms with Crippen molar-refractivity contribution >= 4 is 13.9 Å². The van der Waals surface area contributed by atoms with Crippen molar-refractivity contribution in [1.29, 1.82) is 0 Å². The average Bonchev–Trinajstić information content (AvgIpc) is 1.83. The van der Waals surface area contributed by atoms with Crippen molar-refractivity contribution in [3.05, 3.63) is 0 Å². The Morgan fingerprint density at radius 1 is 1.73 bits per heavy atom. The standard InChI is InChI=1S/C4H8NO5P/c1-4(5-3-6)2-10-11(7,8)9/h4H,2H2,1H3,(H2,7,8,9). The maximum absolute atomic E-state index is 10.1. The highest BCUT2D eigenvalue weighted by atomic mass is 31.2. The minimum Gasteiger partial charge on any atom is -0.303 e. The fraction of sp³-hybridized carbons (Fsp3) is 0.750. The van der Waals surface area contributed by atoms with Crippen LogP contribution in [0.5, 0.6) is 0 Å². The molecule has 0 aromatic carbocycles. The van der Waals surface area contributed by atoms with Crippen molar-refractivity contribution in [2.24, 2.45) is 4.99 Å². The molecule has 2 N–H and O–H groups in total. The highest BCUT2D eigenvalue weighted by molar-refractivity contribution is 7.46. The van der Waals surface area contributed by atoms with Crippen LogP contribution in [0.4, 0.5) is 0 Å². The smallest absolute Gasteiger partial charge is 0.303 e. The molecule has 0 fully saturated rings. The number of phosphoric ester groups is 1. The number of phosphoric acid groups is 1. The zero-order chi connectivity index (χ0) is 8.91. The third-order valence-corrected chi connectivity index (χ3v) is 1.24. The average molecular weight is 181 g/mol. The molecule has 0 aliphatic rings. The topological polar surface area (TPSA) is 96.2 Å². The molecule has 1 atom stereocenters. The first kappa shape index (κ1) is 10.5. The van der Waals surface area contributed by atoms with E-state index in [9.17, 15) is 9.36 Å². The molecule has 0 aromatic rings. The van der Waals surface area contributed by atoms with Gasteiger partial charge in [-0.2, -0.15) is 0 Å². The fourth-order valence-corrected chi connectivity index (χ4v) is 0.742. The number of hydrogen-bond acceptors (Lipinski definition) is 4. The zero-order valence-electron chi connectivity index (χ0n) is 5.80. The maximum atomic E-state index is 10.1. The summed E-state index contributed by atoms with van der Waals surface area (Å²) in [4.78, 5) is 29.1. The number of hydrogen-bond donors (Lipinski definition) is 2. The van der Waals surface area contributed by atoms with E-state index in [-0.39, 0.29) is 6.61 Å². The van der Waals surface area contributed by atoms with Gasteiger partial charge >= 0.3 is 7.82 Å². The second kappa shape index (κ2) is 4.38. The molecule has 7 heteroatoms. The third kappa shape index (κ3) is 7.39. The van der Waals surface area contributed by atoms with Crippen LogP contribution in [0.1, 0.15) is 6.92 Å². The predicted molar refractivity (Wildman–Crippen MR) is 35.6 cm³/mol. The van der Waals surface area contributed by atoms with Gasteiger partial charge in [-0.1, -0.05) is 0 Å². The molecule has 0 spiro atoms. The summed E-state index contributed by atoms with van der Waals surface area (Å²) in [6, 6.07) is -0.583. The summed E-state index contributed by atoms with van der Waals surface area (Å²) in [5.74, 6) is 0. The molecule has 0 rings (SSSR count). The first-order valence-electron chi connectivity index (χ1n) is 2.73. The van der Waals surface area contributed by atoms with Crippen LogP contribution in [-0.2, 0) is 13.9 Å². The van der Waals surface area contributed by atoms with Gasteiger partial charge in [-0.3, -0.25) is 4.52 Å². The summed E-state index contributed by atoms with van der Waals surface area (Å²) >= 11 is 0. The van der Waals surface area contributed by atoms with E-state index in [0.29, 0.717) is 0 Å². The van der Waals surface area contributed by atoms with E-state index >= 15 is 0 Å². The molecule has 0 aliphatic carbocycles. The lowest BCUT2D eigenvalue weighted by atomic mass is 10.4. The summed E-state index contributed by atoms with van der Waals surface area (Å²) in [6.07, 6.45) is 1.25. The summed E-state index contributed by atoms with van der Waals surface area (Å²) in [7, 11) is -4.43. The Morgan fingerprint density at radius 3 is 2.64 bits per heavy atom. The second-order valence-corrected chi connectivity index (χ2v) is 3.10. The van der Waals surface area contributed by atoms with Crippen LogP contribution in [0.2, 0.25) is 0 Å². The molecule has 0 aromatic heterocycles. The number of rotatable bonds is 4. The largest absolute Gasteiger partial charge is 0.469 e. The van der Waals surface area contributed by atoms with Crippen molar-refractivity contribution in [2.45, 2.75) is 13.0 Å². The minimum absolute atomic E-state index is 0.292. The lowest BCUT2D eigenvalue weighted by Gasteiger charge is -2.05. The van der Waals surface area contributed by atoms with Gasteiger partial charge in [-0.05, 0) is 6.92 Å². The molecule has 0 radical (unpaired) electrons. The van der Waals surface area contributed by atoms with Gasteiger partial charge in [0.25, 0.3) is 0 Å². The van der Waals surface area contributed by atoms with Gasteiger partial charge in [-0.25, -0.2) is 14.4 Å². The quantitative estimate of drug-likeness (QED) is 0.356. The number of carbonyl (C=O) groups excluding carboxylic acids is 1. The zero-order valence-corrected chi connectivity index (χ0v) is 6.69. The van der Waals surface area contributed by atoms with E-state index in [1.807, 2.05) is 0 Å². The summed E-state index contributed by atoms with van der Waals surface area (Å²) < 4.78 is 14.1. The van der Waals surface area contributed by atoms with Gasteiger partial charge in [-0.15, -0.1) is 0 Å². The van der Waals surface area contributed by atoms with Crippen LogP contribution in [0.3, 0.4) is 0 Å². The molecule has 0 aliphatic heterocycles. The molecular formula is C4H8NO5P. The molecule has 11 heavy (non-hydrogen) atoms. The van der Waals surface area contributed by atoms with Gasteiger partial charge in [0, 0.05) is 0 Å². The fourth-order valence-electron chi connectivity index (χ4n) is 0.332. The van der Waals surface area contributed by atoms with Crippen LogP contribution in [0, 0.1) is 0 Å². The number of isocyanates is 1. The highest BCUT2D eigenvalue weighted by Gasteiger charge is 2.14. The maximum Gasteiger partial charge on any atom is 0.469 e. The second-order valence-electron chi connectivity index (χ2n) is 1.86. The molecule has 6 nitrogen and oxygen atoms in total. The van der Waals surface area contributed by atoms with Gasteiger partial charge in [0.05, 0.1) is 12.6 Å². The van der Waals surface area contributed by atoms with Gasteiger partial charge < -0.3 is 9.79 Å². The van der Waals surface area contributed by atoms with E-state index in [1.54, 1.807) is 0 Å². The monoisotopic (exact) mass is 181 g/mol. The lowest BCUT2D eigenvalue weighted by molar-refractivity contribution is 0.189. The van der Waals surface area contributed by atoms with Crippen LogP contribution in [0.15, 0.2) is 4.99 Å². The Morgan fingerprint density at radius 2 is 2.27 bits per heavy atom. The van der Waals surface area contributed by atoms with Crippen LogP contribution in [-0.4, -0.2) is 28.5 Å². The lowest BCUT2D eigenvalue weighted by Crippen LogP contribution is -2.07. The summed E-state index contributed by atoms with van der Waals surface area (Å²) in [5.41, 5.74) is 0. The molecule has 0 heterocycles. The van der Waals surface area contributed by atoms with Crippen LogP contribution in [0.25, 0.3) is 0 Å². The first-order valence-corrected chi connectivity index (χ1v) is 4.26. The van der Waals surface area contributed by atoms with Crippen molar-refractivity contribution < 1.29 is 23.7 Å². The summed E-state index contributed by atoms with van der Waals surface area (Å²) in [6.45, 7) is 1.18. The van der Waals surface area contributed by atoms with Gasteiger partial charge in [0.15, 0.2) is 0 Å². The van der Waals surface area contributed by atoms with E-state index in [4.69, 9.17) is 9.79 Å². The van der Waals surface area contributed by atoms with Gasteiger partial charge in [0.1, 0.15) is 0 Å². The van der Waals surface area contributed by atoms with Crippen molar-refractivity contribution in [1.82, 2.24) is 0 Å². The Kier molecular flexibility index (Phi) is 4.18. The van der Waals surface area contributed by atoms with E-state index in [2.05, 4.69) is 9.52 Å². The summed E-state index contributed by atoms with van der Waals surface area (Å²) in [5, 5.41) is 0. The molecule has 64 valence electrons. The first-order chi connectivity index (χ1) is 4.95. The molecule has 1 unspecified atom stereocenters. The number of nitrogens with zero attached hydrogens (tertiary/aromatic N) is 1. The highest BCUT2D eigenvalue weighted by Crippen LogP contribution is 2.35. The normalized spacial score (nSPS) is 13.7. The molecule has 0 saturated heterocycles. The molecule has 0 amide bonds. The third-order valence-electron chi connectivity index (χ3n) is 0.757. The van der Waals surface area contributed by atoms with Crippen molar-refractivity contribution in [3.63, 3.8) is 0 Å². The Labute approximate surface area is 63.1 Å². The van der Waals surface area contributed by atoms with Crippen LogP contribution < -0.4 is 0 Å². The Hall–Kier alpha value is -0.510. The SMILES string of the molecule is CC(COP(=O)(O)O)N=C=O. The van der Waals surface area contributed by atoms with Gasteiger partial charge in [0.2, 0.25) is 6.08 Å². The van der Waals surface area contributed by atoms with E-state index < -0.39 is 13.9 Å². The molecule has 0 bridgehead atoms.